The van der Waals surface area contributed by atoms with E-state index in [9.17, 15) is 21.6 Å². The maximum Gasteiger partial charge on any atom is 0.355 e. The van der Waals surface area contributed by atoms with Crippen LogP contribution in [0.4, 0.5) is 24.7 Å². The Bertz CT molecular complexity index is 1540. The number of halogens is 3. The van der Waals surface area contributed by atoms with Gasteiger partial charge in [-0.3, -0.25) is 14.1 Å². The van der Waals surface area contributed by atoms with Crippen molar-refractivity contribution in [2.75, 3.05) is 23.5 Å². The molecule has 3 aromatic heterocycles. The number of benzene rings is 1. The molecule has 0 unspecified atom stereocenters. The number of alkyl halides is 2. The maximum absolute atomic E-state index is 14.7. The number of nitrogens with two attached hydrogens (primary N) is 1. The molecule has 0 atom stereocenters. The molecule has 14 heteroatoms. The van der Waals surface area contributed by atoms with Gasteiger partial charge in [-0.05, 0) is 38.1 Å². The van der Waals surface area contributed by atoms with Crippen LogP contribution >= 0.6 is 0 Å². The van der Waals surface area contributed by atoms with E-state index in [1.54, 1.807) is 28.8 Å². The number of aryl methyl sites for hydroxylation is 1. The van der Waals surface area contributed by atoms with Crippen LogP contribution in [-0.4, -0.2) is 51.8 Å². The largest absolute Gasteiger partial charge is 0.383 e. The van der Waals surface area contributed by atoms with Gasteiger partial charge in [0.25, 0.3) is 10.0 Å². The van der Waals surface area contributed by atoms with Crippen LogP contribution in [0.1, 0.15) is 18.9 Å². The zero-order valence-corrected chi connectivity index (χ0v) is 19.9. The van der Waals surface area contributed by atoms with Crippen LogP contribution in [0.2, 0.25) is 0 Å². The molecule has 1 aliphatic rings. The molecule has 4 aromatic rings. The lowest BCUT2D eigenvalue weighted by Crippen LogP contribution is -2.29. The van der Waals surface area contributed by atoms with Crippen molar-refractivity contribution in [3.63, 3.8) is 0 Å². The third-order valence-electron chi connectivity index (χ3n) is 6.22. The fourth-order valence-electron chi connectivity index (χ4n) is 4.44. The van der Waals surface area contributed by atoms with Crippen LogP contribution in [0.3, 0.4) is 0 Å². The Balaban J connectivity index is 1.56. The Hall–Kier alpha value is -3.65. The number of piperidine rings is 1. The highest BCUT2D eigenvalue weighted by Crippen LogP contribution is 2.37. The molecular weight excluding hydrogens is 497 g/mol. The highest BCUT2D eigenvalue weighted by molar-refractivity contribution is 7.93. The molecule has 1 saturated heterocycles. The first-order valence-electron chi connectivity index (χ1n) is 11.1. The van der Waals surface area contributed by atoms with E-state index in [1.807, 2.05) is 10.9 Å². The molecule has 1 aromatic carbocycles. The van der Waals surface area contributed by atoms with Crippen LogP contribution in [-0.2, 0) is 17.1 Å². The second-order valence-corrected chi connectivity index (χ2v) is 10.2. The highest BCUT2D eigenvalue weighted by atomic mass is 32.2. The lowest BCUT2D eigenvalue weighted by atomic mass is 10.0. The van der Waals surface area contributed by atoms with E-state index < -0.39 is 27.3 Å². The average Bonchev–Trinajstić information content (AvgIpc) is 3.47. The van der Waals surface area contributed by atoms with Crippen LogP contribution in [0, 0.1) is 5.82 Å². The predicted octanol–water partition coefficient (Wildman–Crippen LogP) is 3.11. The van der Waals surface area contributed by atoms with Crippen LogP contribution in [0.15, 0.2) is 36.8 Å². The van der Waals surface area contributed by atoms with E-state index in [4.69, 9.17) is 5.73 Å². The Morgan fingerprint density at radius 3 is 2.64 bits per heavy atom. The summed E-state index contributed by atoms with van der Waals surface area (Å²) in [5.41, 5.74) is 8.40. The van der Waals surface area contributed by atoms with Crippen molar-refractivity contribution in [1.29, 1.82) is 0 Å². The van der Waals surface area contributed by atoms with Crippen LogP contribution < -0.4 is 15.8 Å². The number of fused-ring (bicyclic) bond motifs is 1. The van der Waals surface area contributed by atoms with Gasteiger partial charge in [0.1, 0.15) is 17.3 Å². The molecule has 4 N–H and O–H groups in total. The number of nitrogens with zero attached hydrogens (tertiary/aromatic N) is 5. The SMILES string of the molecule is Cn1nc(-c2ccc(NS(=O)(=O)C(F)F)c(F)c2)c2c(N)ncc(-c3cnn(C4CCNCC4)c3)c21. The molecule has 1 aliphatic heterocycles. The van der Waals surface area contributed by atoms with E-state index in [2.05, 4.69) is 20.5 Å². The molecule has 1 fully saturated rings. The number of nitrogens with one attached hydrogen (secondary N) is 2. The number of hydrogen-bond donors (Lipinski definition) is 3. The molecule has 10 nitrogen and oxygen atoms in total. The lowest BCUT2D eigenvalue weighted by molar-refractivity contribution is 0.236. The molecule has 0 radical (unpaired) electrons. The summed E-state index contributed by atoms with van der Waals surface area (Å²) >= 11 is 0. The van der Waals surface area contributed by atoms with Crippen molar-refractivity contribution in [2.45, 2.75) is 24.6 Å². The van der Waals surface area contributed by atoms with Gasteiger partial charge in [-0.1, -0.05) is 6.07 Å². The summed E-state index contributed by atoms with van der Waals surface area (Å²) in [6.45, 7) is 1.86. The fraction of sp³-hybridized carbons (Fsp3) is 0.318. The van der Waals surface area contributed by atoms with Crippen LogP contribution in [0.5, 0.6) is 0 Å². The lowest BCUT2D eigenvalue weighted by Gasteiger charge is -2.22. The molecule has 0 aliphatic carbocycles. The van der Waals surface area contributed by atoms with E-state index in [0.29, 0.717) is 22.6 Å². The summed E-state index contributed by atoms with van der Waals surface area (Å²) in [5.74, 6) is -4.56. The summed E-state index contributed by atoms with van der Waals surface area (Å²) in [4.78, 5) is 4.32. The summed E-state index contributed by atoms with van der Waals surface area (Å²) in [6, 6.07) is 3.73. The minimum Gasteiger partial charge on any atom is -0.383 e. The number of sulfonamides is 1. The summed E-state index contributed by atoms with van der Waals surface area (Å²) in [5, 5.41) is 12.9. The Labute approximate surface area is 204 Å². The summed E-state index contributed by atoms with van der Waals surface area (Å²) in [6.07, 6.45) is 7.29. The van der Waals surface area contributed by atoms with Gasteiger partial charge in [0.15, 0.2) is 0 Å². The van der Waals surface area contributed by atoms with Crippen molar-refractivity contribution < 1.29 is 21.6 Å². The van der Waals surface area contributed by atoms with Gasteiger partial charge < -0.3 is 11.1 Å². The van der Waals surface area contributed by atoms with E-state index in [1.165, 1.54) is 6.07 Å². The molecule has 0 bridgehead atoms. The standard InChI is InChI=1S/C22H23F3N8O2S/c1-32-20-15(13-9-29-33(11-13)14-4-6-27-7-5-14)10-28-21(26)18(20)19(30-32)12-2-3-17(16(23)8-12)31-36(34,35)22(24)25/h2-3,8-11,14,22,27,31H,4-7H2,1H3,(H2,26,28). The molecule has 0 saturated carbocycles. The molecule has 5 rings (SSSR count). The van der Waals surface area contributed by atoms with E-state index >= 15 is 0 Å². The highest BCUT2D eigenvalue weighted by Gasteiger charge is 2.26. The number of nitrogen functional groups attached to an aromatic ring is 1. The van der Waals surface area contributed by atoms with Gasteiger partial charge in [-0.25, -0.2) is 17.8 Å². The van der Waals surface area contributed by atoms with Crippen LogP contribution in [0.25, 0.3) is 33.3 Å². The number of anilines is 2. The van der Waals surface area contributed by atoms with Gasteiger partial charge >= 0.3 is 5.76 Å². The van der Waals surface area contributed by atoms with Crippen molar-refractivity contribution in [3.8, 4) is 22.4 Å². The zero-order valence-electron chi connectivity index (χ0n) is 19.1. The first-order chi connectivity index (χ1) is 17.2. The van der Waals surface area contributed by atoms with Gasteiger partial charge in [0.2, 0.25) is 0 Å². The van der Waals surface area contributed by atoms with Crippen molar-refractivity contribution in [2.24, 2.45) is 7.05 Å². The van der Waals surface area contributed by atoms with E-state index in [-0.39, 0.29) is 11.4 Å². The first kappa shape index (κ1) is 24.1. The average molecular weight is 521 g/mol. The third kappa shape index (κ3) is 4.26. The topological polar surface area (TPSA) is 133 Å². The van der Waals surface area contributed by atoms with Gasteiger partial charge in [0, 0.05) is 36.1 Å². The normalized spacial score (nSPS) is 15.1. The van der Waals surface area contributed by atoms with Gasteiger partial charge in [-0.15, -0.1) is 0 Å². The maximum atomic E-state index is 14.7. The smallest absolute Gasteiger partial charge is 0.355 e. The number of pyridine rings is 1. The minimum atomic E-state index is -5.02. The molecule has 4 heterocycles. The number of hydrogen-bond acceptors (Lipinski definition) is 7. The van der Waals surface area contributed by atoms with Crippen molar-refractivity contribution in [3.05, 3.63) is 42.6 Å². The Kier molecular flexibility index (Phi) is 6.08. The summed E-state index contributed by atoms with van der Waals surface area (Å²) in [7, 11) is -3.30. The van der Waals surface area contributed by atoms with Crippen molar-refractivity contribution in [1.82, 2.24) is 29.9 Å². The summed E-state index contributed by atoms with van der Waals surface area (Å²) < 4.78 is 68.0. The monoisotopic (exact) mass is 520 g/mol. The zero-order chi connectivity index (χ0) is 25.6. The molecule has 0 spiro atoms. The molecular formula is C22H23F3N8O2S. The first-order valence-corrected chi connectivity index (χ1v) is 12.7. The molecule has 0 amide bonds. The Morgan fingerprint density at radius 2 is 1.94 bits per heavy atom. The van der Waals surface area contributed by atoms with Gasteiger partial charge in [0.05, 0.1) is 28.8 Å². The second kappa shape index (κ2) is 9.09. The number of rotatable bonds is 6. The minimum absolute atomic E-state index is 0.172. The predicted molar refractivity (Wildman–Crippen MR) is 129 cm³/mol. The Morgan fingerprint density at radius 1 is 1.19 bits per heavy atom. The quantitative estimate of drug-likeness (QED) is 0.356. The van der Waals surface area contributed by atoms with Crippen molar-refractivity contribution >= 4 is 32.4 Å². The van der Waals surface area contributed by atoms with Gasteiger partial charge in [-0.2, -0.15) is 19.0 Å². The second-order valence-electron chi connectivity index (χ2n) is 8.55. The molecule has 190 valence electrons. The third-order valence-corrected chi connectivity index (χ3v) is 7.19. The number of aromatic nitrogens is 5. The van der Waals surface area contributed by atoms with E-state index in [0.717, 1.165) is 49.2 Å². The fourth-order valence-corrected chi connectivity index (χ4v) is 5.00. The molecule has 36 heavy (non-hydrogen) atoms.